The van der Waals surface area contributed by atoms with Gasteiger partial charge in [-0.1, -0.05) is 37.6 Å². The average Bonchev–Trinajstić information content (AvgIpc) is 2.92. The van der Waals surface area contributed by atoms with Crippen LogP contribution in [0.2, 0.25) is 0 Å². The van der Waals surface area contributed by atoms with E-state index in [1.165, 1.54) is 11.1 Å². The quantitative estimate of drug-likeness (QED) is 0.267. The Morgan fingerprint density at radius 1 is 1.39 bits per heavy atom. The molecular formula is C17H29IN4O. The van der Waals surface area contributed by atoms with Crippen molar-refractivity contribution in [3.05, 3.63) is 35.4 Å². The first kappa shape index (κ1) is 20.2. The van der Waals surface area contributed by atoms with Gasteiger partial charge in [0.05, 0.1) is 12.6 Å². The first-order valence-corrected chi connectivity index (χ1v) is 8.20. The van der Waals surface area contributed by atoms with E-state index in [0.29, 0.717) is 12.5 Å². The third-order valence-corrected chi connectivity index (χ3v) is 4.02. The molecule has 1 saturated heterocycles. The Hall–Kier alpha value is -0.860. The van der Waals surface area contributed by atoms with Gasteiger partial charge in [-0.15, -0.1) is 24.0 Å². The number of aliphatic hydroxyl groups excluding tert-OH is 1. The normalized spacial score (nSPS) is 18.7. The lowest BCUT2D eigenvalue weighted by Gasteiger charge is -2.17. The summed E-state index contributed by atoms with van der Waals surface area (Å²) in [6.45, 7) is 6.21. The third-order valence-electron chi connectivity index (χ3n) is 4.02. The van der Waals surface area contributed by atoms with Gasteiger partial charge in [-0.3, -0.25) is 4.90 Å². The second-order valence-corrected chi connectivity index (χ2v) is 5.93. The van der Waals surface area contributed by atoms with Crippen LogP contribution in [-0.2, 0) is 13.1 Å². The molecular weight excluding hydrogens is 403 g/mol. The van der Waals surface area contributed by atoms with Gasteiger partial charge in [0, 0.05) is 26.2 Å². The Morgan fingerprint density at radius 3 is 2.78 bits per heavy atom. The zero-order valence-corrected chi connectivity index (χ0v) is 16.2. The fraction of sp³-hybridized carbons (Fsp3) is 0.588. The van der Waals surface area contributed by atoms with E-state index in [9.17, 15) is 5.11 Å². The largest absolute Gasteiger partial charge is 0.392 e. The summed E-state index contributed by atoms with van der Waals surface area (Å²) in [7, 11) is 0. The van der Waals surface area contributed by atoms with Crippen LogP contribution in [0.5, 0.6) is 0 Å². The maximum absolute atomic E-state index is 9.64. The highest BCUT2D eigenvalue weighted by molar-refractivity contribution is 14.0. The Bertz CT molecular complexity index is 495. The van der Waals surface area contributed by atoms with Crippen LogP contribution >= 0.6 is 24.0 Å². The Balaban J connectivity index is 0.00000264. The number of rotatable bonds is 7. The van der Waals surface area contributed by atoms with Crippen LogP contribution in [0.1, 0.15) is 37.3 Å². The molecule has 1 aliphatic heterocycles. The molecule has 0 radical (unpaired) electrons. The molecule has 0 aliphatic carbocycles. The lowest BCUT2D eigenvalue weighted by Crippen LogP contribution is -2.32. The van der Waals surface area contributed by atoms with Gasteiger partial charge >= 0.3 is 0 Å². The summed E-state index contributed by atoms with van der Waals surface area (Å²) in [6.07, 6.45) is 2.94. The molecule has 1 fully saturated rings. The van der Waals surface area contributed by atoms with Crippen molar-refractivity contribution < 1.29 is 5.11 Å². The number of halogens is 1. The van der Waals surface area contributed by atoms with E-state index in [0.717, 1.165) is 45.4 Å². The van der Waals surface area contributed by atoms with E-state index in [-0.39, 0.29) is 30.1 Å². The number of hydrogen-bond acceptors (Lipinski definition) is 3. The summed E-state index contributed by atoms with van der Waals surface area (Å²) in [5, 5.41) is 12.8. The minimum atomic E-state index is -0.177. The molecule has 1 atom stereocenters. The molecule has 23 heavy (non-hydrogen) atoms. The highest BCUT2D eigenvalue weighted by Gasteiger charge is 2.20. The molecule has 0 spiro atoms. The fourth-order valence-corrected chi connectivity index (χ4v) is 2.68. The zero-order chi connectivity index (χ0) is 15.8. The molecule has 0 aromatic heterocycles. The summed E-state index contributed by atoms with van der Waals surface area (Å²) in [4.78, 5) is 6.72. The van der Waals surface area contributed by atoms with Crippen LogP contribution in [0.25, 0.3) is 0 Å². The van der Waals surface area contributed by atoms with Gasteiger partial charge in [-0.05, 0) is 24.0 Å². The number of benzene rings is 1. The molecule has 130 valence electrons. The summed E-state index contributed by atoms with van der Waals surface area (Å²) >= 11 is 0. The molecule has 1 aromatic rings. The van der Waals surface area contributed by atoms with E-state index in [2.05, 4.69) is 40.3 Å². The molecule has 6 heteroatoms. The number of nitrogens with two attached hydrogens (primary N) is 1. The lowest BCUT2D eigenvalue weighted by molar-refractivity contribution is 0.174. The average molecular weight is 432 g/mol. The number of nitrogens with zero attached hydrogens (tertiary/aromatic N) is 2. The van der Waals surface area contributed by atoms with Crippen LogP contribution in [0.15, 0.2) is 29.3 Å². The van der Waals surface area contributed by atoms with Crippen molar-refractivity contribution in [1.29, 1.82) is 0 Å². The number of β-amino-alcohol motifs (C(OH)–C–C–N with tert-alkyl or cyclic N) is 1. The topological polar surface area (TPSA) is 73.9 Å². The van der Waals surface area contributed by atoms with Gasteiger partial charge in [0.1, 0.15) is 0 Å². The summed E-state index contributed by atoms with van der Waals surface area (Å²) in [5.74, 6) is 0.514. The fourth-order valence-electron chi connectivity index (χ4n) is 2.68. The van der Waals surface area contributed by atoms with Crippen molar-refractivity contribution in [2.24, 2.45) is 10.7 Å². The number of aliphatic imine (C=N–C) groups is 1. The number of hydrogen-bond donors (Lipinski definition) is 3. The molecule has 1 aliphatic rings. The second kappa shape index (κ2) is 10.8. The first-order chi connectivity index (χ1) is 10.7. The minimum Gasteiger partial charge on any atom is -0.392 e. The smallest absolute Gasteiger partial charge is 0.188 e. The molecule has 0 saturated carbocycles. The number of guanidine groups is 1. The summed E-state index contributed by atoms with van der Waals surface area (Å²) in [5.41, 5.74) is 8.35. The van der Waals surface area contributed by atoms with Crippen molar-refractivity contribution in [2.75, 3.05) is 19.6 Å². The van der Waals surface area contributed by atoms with E-state index in [4.69, 9.17) is 5.73 Å². The van der Waals surface area contributed by atoms with Gasteiger partial charge in [0.25, 0.3) is 0 Å². The molecule has 1 heterocycles. The summed E-state index contributed by atoms with van der Waals surface area (Å²) < 4.78 is 0. The maximum atomic E-state index is 9.64. The van der Waals surface area contributed by atoms with Crippen LogP contribution in [-0.4, -0.2) is 41.7 Å². The Kier molecular flexibility index (Phi) is 9.50. The Labute approximate surface area is 156 Å². The molecule has 0 bridgehead atoms. The van der Waals surface area contributed by atoms with Crippen LogP contribution in [0.4, 0.5) is 0 Å². The van der Waals surface area contributed by atoms with Crippen molar-refractivity contribution in [3.63, 3.8) is 0 Å². The van der Waals surface area contributed by atoms with Gasteiger partial charge in [-0.2, -0.15) is 0 Å². The predicted octanol–water partition coefficient (Wildman–Crippen LogP) is 2.08. The van der Waals surface area contributed by atoms with E-state index >= 15 is 0 Å². The third kappa shape index (κ3) is 7.05. The predicted molar refractivity (Wildman–Crippen MR) is 106 cm³/mol. The first-order valence-electron chi connectivity index (χ1n) is 8.20. The van der Waals surface area contributed by atoms with Crippen molar-refractivity contribution in [3.8, 4) is 0 Å². The van der Waals surface area contributed by atoms with Gasteiger partial charge in [0.15, 0.2) is 5.96 Å². The highest BCUT2D eigenvalue weighted by Crippen LogP contribution is 2.17. The molecule has 1 aromatic carbocycles. The molecule has 4 N–H and O–H groups in total. The molecule has 2 rings (SSSR count). The standard InChI is InChI=1S/C17H28N4O.HI/c1-2-3-9-19-17(18)20-11-14-6-4-5-7-15(14)12-21-10-8-16(22)13-21;/h4-7,16,22H,2-3,8-13H2,1H3,(H3,18,19,20);1H. The van der Waals surface area contributed by atoms with Gasteiger partial charge < -0.3 is 16.2 Å². The summed E-state index contributed by atoms with van der Waals surface area (Å²) in [6, 6.07) is 8.33. The van der Waals surface area contributed by atoms with Crippen LogP contribution < -0.4 is 11.1 Å². The SMILES string of the molecule is CCCCNC(N)=NCc1ccccc1CN1CCC(O)C1.I. The van der Waals surface area contributed by atoms with Crippen LogP contribution in [0, 0.1) is 0 Å². The van der Waals surface area contributed by atoms with Gasteiger partial charge in [-0.25, -0.2) is 4.99 Å². The second-order valence-electron chi connectivity index (χ2n) is 5.93. The number of unbranched alkanes of at least 4 members (excludes halogenated alkanes) is 1. The highest BCUT2D eigenvalue weighted by atomic mass is 127. The van der Waals surface area contributed by atoms with Crippen molar-refractivity contribution in [1.82, 2.24) is 10.2 Å². The van der Waals surface area contributed by atoms with Crippen molar-refractivity contribution in [2.45, 2.75) is 45.4 Å². The minimum absolute atomic E-state index is 0. The van der Waals surface area contributed by atoms with Crippen molar-refractivity contribution >= 4 is 29.9 Å². The molecule has 0 amide bonds. The van der Waals surface area contributed by atoms with Gasteiger partial charge in [0.2, 0.25) is 0 Å². The maximum Gasteiger partial charge on any atom is 0.188 e. The number of nitrogens with one attached hydrogen (secondary N) is 1. The Morgan fingerprint density at radius 2 is 2.13 bits per heavy atom. The lowest BCUT2D eigenvalue weighted by atomic mass is 10.1. The van der Waals surface area contributed by atoms with E-state index in [1.807, 2.05) is 6.07 Å². The number of likely N-dealkylation sites (tertiary alicyclic amines) is 1. The molecule has 5 nitrogen and oxygen atoms in total. The van der Waals surface area contributed by atoms with E-state index < -0.39 is 0 Å². The monoisotopic (exact) mass is 432 g/mol. The molecule has 1 unspecified atom stereocenters. The zero-order valence-electron chi connectivity index (χ0n) is 13.9. The number of aliphatic hydroxyl groups is 1. The van der Waals surface area contributed by atoms with E-state index in [1.54, 1.807) is 0 Å². The van der Waals surface area contributed by atoms with Crippen LogP contribution in [0.3, 0.4) is 0 Å².